The summed E-state index contributed by atoms with van der Waals surface area (Å²) in [5, 5.41) is 0.907. The van der Waals surface area contributed by atoms with Gasteiger partial charge >= 0.3 is 11.9 Å². The zero-order chi connectivity index (χ0) is 21.7. The maximum Gasteiger partial charge on any atom is 0.355 e. The van der Waals surface area contributed by atoms with Gasteiger partial charge in [-0.25, -0.2) is 14.6 Å². The molecule has 0 fully saturated rings. The van der Waals surface area contributed by atoms with Crippen molar-refractivity contribution in [1.29, 1.82) is 0 Å². The molecule has 152 valence electrons. The van der Waals surface area contributed by atoms with Crippen molar-refractivity contribution in [2.24, 2.45) is 0 Å². The topological polar surface area (TPSA) is 87.5 Å². The van der Waals surface area contributed by atoms with Crippen LogP contribution >= 0.6 is 0 Å². The van der Waals surface area contributed by atoms with Crippen molar-refractivity contribution in [1.82, 2.24) is 9.55 Å². The van der Waals surface area contributed by atoms with E-state index in [1.807, 2.05) is 30.3 Å². The number of carbonyl (C=O) groups excluding carboxylic acids is 3. The third kappa shape index (κ3) is 2.60. The van der Waals surface area contributed by atoms with Crippen LogP contribution in [-0.4, -0.2) is 41.5 Å². The SMILES string of the molecule is COC(=O)c1c(-c2ccc3ccccc3n2)c2n(c1C(=O)OC)-c1ccccc1C2=O. The van der Waals surface area contributed by atoms with Crippen molar-refractivity contribution >= 4 is 28.6 Å². The Hall–Kier alpha value is -4.26. The summed E-state index contributed by atoms with van der Waals surface area (Å²) in [6, 6.07) is 18.0. The minimum absolute atomic E-state index is 0.0463. The van der Waals surface area contributed by atoms with Gasteiger partial charge in [0.15, 0.2) is 0 Å². The first-order valence-electron chi connectivity index (χ1n) is 9.52. The van der Waals surface area contributed by atoms with Gasteiger partial charge in [-0.05, 0) is 24.3 Å². The van der Waals surface area contributed by atoms with E-state index in [4.69, 9.17) is 9.47 Å². The number of ether oxygens (including phenoxy) is 2. The van der Waals surface area contributed by atoms with Crippen LogP contribution in [0.15, 0.2) is 60.7 Å². The molecule has 1 aliphatic heterocycles. The van der Waals surface area contributed by atoms with Gasteiger partial charge in [-0.1, -0.05) is 36.4 Å². The monoisotopic (exact) mass is 412 g/mol. The van der Waals surface area contributed by atoms with Gasteiger partial charge in [-0.2, -0.15) is 0 Å². The van der Waals surface area contributed by atoms with Gasteiger partial charge in [0.2, 0.25) is 5.78 Å². The molecule has 4 aromatic rings. The van der Waals surface area contributed by atoms with Gasteiger partial charge < -0.3 is 9.47 Å². The second-order valence-corrected chi connectivity index (χ2v) is 7.00. The number of rotatable bonds is 3. The summed E-state index contributed by atoms with van der Waals surface area (Å²) in [5.41, 5.74) is 2.34. The van der Waals surface area contributed by atoms with Crippen LogP contribution < -0.4 is 0 Å². The summed E-state index contributed by atoms with van der Waals surface area (Å²) in [7, 11) is 2.44. The molecule has 0 N–H and O–H groups in total. The molecule has 0 bridgehead atoms. The molecule has 5 rings (SSSR count). The van der Waals surface area contributed by atoms with Crippen molar-refractivity contribution in [3.8, 4) is 16.9 Å². The largest absolute Gasteiger partial charge is 0.465 e. The third-order valence-corrected chi connectivity index (χ3v) is 5.40. The minimum atomic E-state index is -0.752. The number of methoxy groups -OCH3 is 2. The zero-order valence-electron chi connectivity index (χ0n) is 16.7. The van der Waals surface area contributed by atoms with Crippen LogP contribution in [-0.2, 0) is 9.47 Å². The lowest BCUT2D eigenvalue weighted by Crippen LogP contribution is -2.15. The fourth-order valence-corrected chi connectivity index (χ4v) is 4.06. The van der Waals surface area contributed by atoms with Crippen LogP contribution in [0.2, 0.25) is 0 Å². The van der Waals surface area contributed by atoms with E-state index < -0.39 is 11.9 Å². The Balaban J connectivity index is 1.93. The van der Waals surface area contributed by atoms with E-state index in [0.29, 0.717) is 22.5 Å². The Bertz CT molecular complexity index is 1420. The summed E-state index contributed by atoms with van der Waals surface area (Å²) in [5.74, 6) is -1.81. The van der Waals surface area contributed by atoms with Gasteiger partial charge in [0, 0.05) is 16.5 Å². The van der Waals surface area contributed by atoms with Crippen molar-refractivity contribution in [2.75, 3.05) is 14.2 Å². The number of carbonyl (C=O) groups is 3. The molecule has 7 heteroatoms. The molecule has 0 amide bonds. The number of esters is 2. The highest BCUT2D eigenvalue weighted by molar-refractivity contribution is 6.22. The van der Waals surface area contributed by atoms with E-state index in [2.05, 4.69) is 4.98 Å². The minimum Gasteiger partial charge on any atom is -0.465 e. The molecule has 31 heavy (non-hydrogen) atoms. The second-order valence-electron chi connectivity index (χ2n) is 7.00. The predicted octanol–water partition coefficient (Wildman–Crippen LogP) is 3.81. The molecular formula is C24H16N2O5. The number of ketones is 1. The molecule has 0 saturated heterocycles. The Morgan fingerprint density at radius 3 is 2.35 bits per heavy atom. The van der Waals surface area contributed by atoms with Crippen LogP contribution in [0, 0.1) is 0 Å². The Kier molecular flexibility index (Phi) is 4.18. The predicted molar refractivity (Wildman–Crippen MR) is 113 cm³/mol. The fourth-order valence-electron chi connectivity index (χ4n) is 4.06. The zero-order valence-corrected chi connectivity index (χ0v) is 16.7. The van der Waals surface area contributed by atoms with E-state index in [-0.39, 0.29) is 28.3 Å². The number of aromatic nitrogens is 2. The lowest BCUT2D eigenvalue weighted by molar-refractivity contribution is 0.0550. The third-order valence-electron chi connectivity index (χ3n) is 5.40. The number of hydrogen-bond acceptors (Lipinski definition) is 6. The van der Waals surface area contributed by atoms with Crippen LogP contribution in [0.5, 0.6) is 0 Å². The van der Waals surface area contributed by atoms with E-state index in [1.165, 1.54) is 18.8 Å². The summed E-state index contributed by atoms with van der Waals surface area (Å²) in [4.78, 5) is 43.7. The van der Waals surface area contributed by atoms with Crippen molar-refractivity contribution in [2.45, 2.75) is 0 Å². The van der Waals surface area contributed by atoms with E-state index >= 15 is 0 Å². The molecule has 0 atom stereocenters. The second kappa shape index (κ2) is 6.91. The maximum absolute atomic E-state index is 13.4. The standard InChI is InChI=1S/C24H16N2O5/c1-30-23(28)19-18(16-12-11-13-7-3-5-9-15(13)25-16)20-22(27)14-8-4-6-10-17(14)26(20)21(19)24(29)31-2/h3-12H,1-2H3. The van der Waals surface area contributed by atoms with Crippen molar-refractivity contribution in [3.05, 3.63) is 83.2 Å². The molecule has 1 aliphatic rings. The van der Waals surface area contributed by atoms with Gasteiger partial charge in [-0.3, -0.25) is 9.36 Å². The average molecular weight is 412 g/mol. The van der Waals surface area contributed by atoms with Gasteiger partial charge in [0.1, 0.15) is 17.0 Å². The van der Waals surface area contributed by atoms with E-state index in [0.717, 1.165) is 5.39 Å². The summed E-state index contributed by atoms with van der Waals surface area (Å²) >= 11 is 0. The van der Waals surface area contributed by atoms with Crippen LogP contribution in [0.1, 0.15) is 36.9 Å². The number of nitrogens with zero attached hydrogens (tertiary/aromatic N) is 2. The Labute approximate surface area is 176 Å². The molecular weight excluding hydrogens is 396 g/mol. The number of fused-ring (bicyclic) bond motifs is 4. The van der Waals surface area contributed by atoms with E-state index in [1.54, 1.807) is 30.3 Å². The normalized spacial score (nSPS) is 11.9. The van der Waals surface area contributed by atoms with Gasteiger partial charge in [0.05, 0.1) is 31.1 Å². The molecule has 2 aromatic heterocycles. The smallest absolute Gasteiger partial charge is 0.355 e. The molecule has 0 saturated carbocycles. The van der Waals surface area contributed by atoms with Crippen molar-refractivity contribution in [3.63, 3.8) is 0 Å². The molecule has 0 spiro atoms. The average Bonchev–Trinajstić information content (AvgIpc) is 3.31. The first-order chi connectivity index (χ1) is 15.1. The molecule has 0 radical (unpaired) electrons. The van der Waals surface area contributed by atoms with Crippen LogP contribution in [0.25, 0.3) is 27.8 Å². The summed E-state index contributed by atoms with van der Waals surface area (Å²) in [6.07, 6.45) is 0. The maximum atomic E-state index is 13.4. The first kappa shape index (κ1) is 18.7. The highest BCUT2D eigenvalue weighted by Gasteiger charge is 2.41. The summed E-state index contributed by atoms with van der Waals surface area (Å²) < 4.78 is 11.4. The lowest BCUT2D eigenvalue weighted by atomic mass is 9.99. The van der Waals surface area contributed by atoms with Gasteiger partial charge in [-0.15, -0.1) is 0 Å². The number of benzene rings is 2. The Morgan fingerprint density at radius 2 is 1.58 bits per heavy atom. The number of para-hydroxylation sites is 2. The highest BCUT2D eigenvalue weighted by Crippen LogP contribution is 2.41. The summed E-state index contributed by atoms with van der Waals surface area (Å²) in [6.45, 7) is 0. The number of hydrogen-bond donors (Lipinski definition) is 0. The Morgan fingerprint density at radius 1 is 0.871 bits per heavy atom. The fraction of sp³-hybridized carbons (Fsp3) is 0.0833. The number of pyridine rings is 1. The molecule has 0 unspecified atom stereocenters. The molecule has 3 heterocycles. The molecule has 7 nitrogen and oxygen atoms in total. The quantitative estimate of drug-likeness (QED) is 0.419. The van der Waals surface area contributed by atoms with E-state index in [9.17, 15) is 14.4 Å². The van der Waals surface area contributed by atoms with Crippen molar-refractivity contribution < 1.29 is 23.9 Å². The lowest BCUT2D eigenvalue weighted by Gasteiger charge is -2.09. The molecule has 2 aromatic carbocycles. The highest BCUT2D eigenvalue weighted by atomic mass is 16.5. The van der Waals surface area contributed by atoms with Gasteiger partial charge in [0.25, 0.3) is 0 Å². The molecule has 0 aliphatic carbocycles. The van der Waals surface area contributed by atoms with Crippen LogP contribution in [0.4, 0.5) is 0 Å². The first-order valence-corrected chi connectivity index (χ1v) is 9.52. The van der Waals surface area contributed by atoms with Crippen LogP contribution in [0.3, 0.4) is 0 Å².